The number of aromatic hydroxyl groups is 1. The van der Waals surface area contributed by atoms with Gasteiger partial charge in [0.25, 0.3) is 5.56 Å². The van der Waals surface area contributed by atoms with E-state index in [1.54, 1.807) is 43.6 Å². The molecule has 162 valence electrons. The number of hydrogen-bond donors (Lipinski definition) is 1. The fraction of sp³-hybridized carbons (Fsp3) is 0.435. The van der Waals surface area contributed by atoms with E-state index in [4.69, 9.17) is 0 Å². The Bertz CT molecular complexity index is 1200. The van der Waals surface area contributed by atoms with Gasteiger partial charge in [-0.15, -0.1) is 10.2 Å². The summed E-state index contributed by atoms with van der Waals surface area (Å²) in [6.07, 6.45) is 3.44. The summed E-state index contributed by atoms with van der Waals surface area (Å²) in [7, 11) is 5.57. The van der Waals surface area contributed by atoms with Crippen molar-refractivity contribution in [3.05, 3.63) is 46.9 Å². The Morgan fingerprint density at radius 1 is 1.16 bits per heavy atom. The normalized spacial score (nSPS) is 25.8. The highest BCUT2D eigenvalue weighted by molar-refractivity contribution is 5.89. The lowest BCUT2D eigenvalue weighted by Gasteiger charge is -2.43. The molecule has 8 heteroatoms. The van der Waals surface area contributed by atoms with Gasteiger partial charge in [0, 0.05) is 43.3 Å². The lowest BCUT2D eigenvalue weighted by atomic mass is 9.95. The highest BCUT2D eigenvalue weighted by Gasteiger charge is 2.47. The Morgan fingerprint density at radius 2 is 1.97 bits per heavy atom. The largest absolute Gasteiger partial charge is 0.507 e. The van der Waals surface area contributed by atoms with Gasteiger partial charge in [0.15, 0.2) is 5.82 Å². The topological polar surface area (TPSA) is 74.5 Å². The molecule has 31 heavy (non-hydrogen) atoms. The molecule has 1 aromatic carbocycles. The number of rotatable bonds is 3. The van der Waals surface area contributed by atoms with Crippen molar-refractivity contribution in [2.75, 3.05) is 19.0 Å². The number of benzene rings is 1. The molecule has 2 aromatic heterocycles. The van der Waals surface area contributed by atoms with E-state index in [0.29, 0.717) is 33.9 Å². The molecule has 2 aliphatic rings. The van der Waals surface area contributed by atoms with Crippen LogP contribution in [0.5, 0.6) is 5.75 Å². The number of piperidine rings is 1. The molecule has 4 atom stereocenters. The second-order valence-corrected chi connectivity index (χ2v) is 8.79. The molecule has 2 bridgehead atoms. The standard InChI is InChI=1S/C23H26FN5O2/c1-27-9-8-13-10-20(30)16(12-15(13)23(27)31)17-5-7-21(26-25-17)29(3)19-11-14-4-6-18(22(19)24)28(14)2/h5,7-10,12,14,18-19,22,30H,4,6,11H2,1-3H3/t14?,18?,19-,22+/m0/s1. The van der Waals surface area contributed by atoms with Gasteiger partial charge in [0.05, 0.1) is 11.7 Å². The van der Waals surface area contributed by atoms with Gasteiger partial charge in [-0.1, -0.05) is 0 Å². The first kappa shape index (κ1) is 19.9. The molecule has 5 rings (SSSR count). The second kappa shape index (κ2) is 7.30. The number of aryl methyl sites for hydroxylation is 1. The van der Waals surface area contributed by atoms with Crippen molar-refractivity contribution in [1.29, 1.82) is 0 Å². The lowest BCUT2D eigenvalue weighted by Crippen LogP contribution is -2.56. The first-order valence-corrected chi connectivity index (χ1v) is 10.6. The van der Waals surface area contributed by atoms with E-state index in [9.17, 15) is 9.90 Å². The average molecular weight is 423 g/mol. The Kier molecular flexibility index (Phi) is 4.69. The summed E-state index contributed by atoms with van der Waals surface area (Å²) in [5.74, 6) is 0.628. The number of hydrogen-bond acceptors (Lipinski definition) is 6. The third-order valence-electron chi connectivity index (χ3n) is 7.13. The predicted octanol–water partition coefficient (Wildman–Crippen LogP) is 2.71. The van der Waals surface area contributed by atoms with Gasteiger partial charge in [-0.2, -0.15) is 0 Å². The highest BCUT2D eigenvalue weighted by atomic mass is 19.1. The summed E-state index contributed by atoms with van der Waals surface area (Å²) in [6.45, 7) is 0. The Balaban J connectivity index is 1.45. The van der Waals surface area contributed by atoms with E-state index < -0.39 is 6.17 Å². The van der Waals surface area contributed by atoms with Crippen molar-refractivity contribution < 1.29 is 9.50 Å². The third kappa shape index (κ3) is 3.17. The van der Waals surface area contributed by atoms with Crippen LogP contribution in [0.3, 0.4) is 0 Å². The first-order chi connectivity index (χ1) is 14.8. The van der Waals surface area contributed by atoms with E-state index >= 15 is 4.39 Å². The van der Waals surface area contributed by atoms with E-state index in [1.807, 2.05) is 19.0 Å². The zero-order valence-electron chi connectivity index (χ0n) is 17.9. The number of fused-ring (bicyclic) bond motifs is 3. The minimum Gasteiger partial charge on any atom is -0.507 e. The van der Waals surface area contributed by atoms with Gasteiger partial charge < -0.3 is 14.6 Å². The lowest BCUT2D eigenvalue weighted by molar-refractivity contribution is 0.0701. The zero-order valence-corrected chi connectivity index (χ0v) is 17.9. The average Bonchev–Trinajstić information content (AvgIpc) is 3.03. The minimum absolute atomic E-state index is 0.0319. The molecule has 7 nitrogen and oxygen atoms in total. The van der Waals surface area contributed by atoms with Crippen molar-refractivity contribution in [3.8, 4) is 17.0 Å². The molecule has 2 aliphatic heterocycles. The number of nitrogens with zero attached hydrogens (tertiary/aromatic N) is 5. The Hall–Kier alpha value is -3.00. The van der Waals surface area contributed by atoms with Crippen molar-refractivity contribution in [2.24, 2.45) is 7.05 Å². The van der Waals surface area contributed by atoms with Crippen molar-refractivity contribution in [3.63, 3.8) is 0 Å². The number of halogens is 1. The molecule has 2 unspecified atom stereocenters. The van der Waals surface area contributed by atoms with Crippen LogP contribution in [0.1, 0.15) is 19.3 Å². The van der Waals surface area contributed by atoms with Crippen LogP contribution in [-0.2, 0) is 7.05 Å². The summed E-state index contributed by atoms with van der Waals surface area (Å²) in [4.78, 5) is 16.5. The van der Waals surface area contributed by atoms with Crippen LogP contribution in [-0.4, -0.2) is 63.2 Å². The Labute approximate surface area is 179 Å². The highest BCUT2D eigenvalue weighted by Crippen LogP contribution is 2.39. The van der Waals surface area contributed by atoms with Crippen LogP contribution in [0.2, 0.25) is 0 Å². The van der Waals surface area contributed by atoms with Crippen molar-refractivity contribution >= 4 is 16.6 Å². The molecular formula is C23H26FN5O2. The third-order valence-corrected chi connectivity index (χ3v) is 7.13. The second-order valence-electron chi connectivity index (χ2n) is 8.79. The molecule has 0 spiro atoms. The van der Waals surface area contributed by atoms with E-state index in [2.05, 4.69) is 15.1 Å². The summed E-state index contributed by atoms with van der Waals surface area (Å²) in [5, 5.41) is 20.3. The number of aromatic nitrogens is 3. The number of alkyl halides is 1. The van der Waals surface area contributed by atoms with Crippen LogP contribution in [0.4, 0.5) is 10.2 Å². The molecule has 2 fully saturated rings. The van der Waals surface area contributed by atoms with E-state index in [1.165, 1.54) is 4.57 Å². The number of phenolic OH excluding ortho intramolecular Hbond substituents is 1. The molecule has 4 heterocycles. The van der Waals surface area contributed by atoms with E-state index in [0.717, 1.165) is 19.3 Å². The smallest absolute Gasteiger partial charge is 0.258 e. The predicted molar refractivity (Wildman–Crippen MR) is 118 cm³/mol. The maximum atomic E-state index is 15.1. The summed E-state index contributed by atoms with van der Waals surface area (Å²) in [5.41, 5.74) is 0.759. The molecule has 2 saturated heterocycles. The molecule has 0 aliphatic carbocycles. The SMILES string of the molecule is CN1C2CCC1[C@@H](F)[C@@H](N(C)c1ccc(-c3cc4c(=O)n(C)ccc4cc3O)nn1)C2. The quantitative estimate of drug-likeness (QED) is 0.698. The van der Waals surface area contributed by atoms with Gasteiger partial charge in [-0.25, -0.2) is 4.39 Å². The van der Waals surface area contributed by atoms with Crippen LogP contribution in [0.25, 0.3) is 22.0 Å². The molecule has 0 amide bonds. The van der Waals surface area contributed by atoms with Gasteiger partial charge >= 0.3 is 0 Å². The number of pyridine rings is 1. The molecule has 0 radical (unpaired) electrons. The fourth-order valence-corrected chi connectivity index (χ4v) is 5.16. The monoisotopic (exact) mass is 423 g/mol. The zero-order chi connectivity index (χ0) is 21.9. The number of anilines is 1. The van der Waals surface area contributed by atoms with Crippen LogP contribution >= 0.6 is 0 Å². The summed E-state index contributed by atoms with van der Waals surface area (Å²) in [6, 6.07) is 8.69. The van der Waals surface area contributed by atoms with Crippen LogP contribution in [0.15, 0.2) is 41.3 Å². The molecular weight excluding hydrogens is 397 g/mol. The van der Waals surface area contributed by atoms with Crippen LogP contribution < -0.4 is 10.5 Å². The molecule has 3 aromatic rings. The van der Waals surface area contributed by atoms with Gasteiger partial charge in [0.1, 0.15) is 11.9 Å². The van der Waals surface area contributed by atoms with E-state index in [-0.39, 0.29) is 23.4 Å². The first-order valence-electron chi connectivity index (χ1n) is 10.6. The van der Waals surface area contributed by atoms with Gasteiger partial charge in [-0.05, 0) is 62.0 Å². The minimum atomic E-state index is -0.934. The number of phenols is 1. The maximum absolute atomic E-state index is 15.1. The molecule has 0 saturated carbocycles. The summed E-state index contributed by atoms with van der Waals surface area (Å²) >= 11 is 0. The van der Waals surface area contributed by atoms with Crippen molar-refractivity contribution in [1.82, 2.24) is 19.7 Å². The van der Waals surface area contributed by atoms with Crippen molar-refractivity contribution in [2.45, 2.75) is 43.6 Å². The molecule has 1 N–H and O–H groups in total. The fourth-order valence-electron chi connectivity index (χ4n) is 5.16. The van der Waals surface area contributed by atoms with Gasteiger partial charge in [0.2, 0.25) is 0 Å². The van der Waals surface area contributed by atoms with Crippen LogP contribution in [0, 0.1) is 0 Å². The van der Waals surface area contributed by atoms with Gasteiger partial charge in [-0.3, -0.25) is 9.69 Å². The Morgan fingerprint density at radius 3 is 2.71 bits per heavy atom. The maximum Gasteiger partial charge on any atom is 0.258 e. The summed E-state index contributed by atoms with van der Waals surface area (Å²) < 4.78 is 16.6.